The summed E-state index contributed by atoms with van der Waals surface area (Å²) in [6.45, 7) is 3.78. The number of hydrogen-bond acceptors (Lipinski definition) is 6. The summed E-state index contributed by atoms with van der Waals surface area (Å²) in [6, 6.07) is 26.3. The highest BCUT2D eigenvalue weighted by Gasteiger charge is 2.29. The highest BCUT2D eigenvalue weighted by atomic mass is 35.5. The summed E-state index contributed by atoms with van der Waals surface area (Å²) in [5.41, 5.74) is 3.48. The third-order valence-corrected chi connectivity index (χ3v) is 6.41. The number of benzene rings is 3. The number of fused-ring (bicyclic) bond motifs is 1. The molecule has 37 heavy (non-hydrogen) atoms. The van der Waals surface area contributed by atoms with Gasteiger partial charge in [-0.1, -0.05) is 36.4 Å². The third kappa shape index (κ3) is 5.16. The van der Waals surface area contributed by atoms with Crippen LogP contribution in [0.1, 0.15) is 18.1 Å². The van der Waals surface area contributed by atoms with Gasteiger partial charge in [0.2, 0.25) is 0 Å². The van der Waals surface area contributed by atoms with Crippen molar-refractivity contribution in [1.29, 1.82) is 10.5 Å². The molecule has 5 rings (SSSR count). The second-order valence-corrected chi connectivity index (χ2v) is 8.71. The lowest BCUT2D eigenvalue weighted by atomic mass is 10.0. The van der Waals surface area contributed by atoms with E-state index in [1.165, 1.54) is 0 Å². The number of nitriles is 2. The molecule has 1 saturated heterocycles. The van der Waals surface area contributed by atoms with Crippen LogP contribution in [0.2, 0.25) is 0 Å². The van der Waals surface area contributed by atoms with Crippen LogP contribution in [-0.2, 0) is 0 Å². The molecule has 1 aliphatic heterocycles. The summed E-state index contributed by atoms with van der Waals surface area (Å²) >= 11 is 0. The Morgan fingerprint density at radius 2 is 1.51 bits per heavy atom. The molecule has 0 radical (unpaired) electrons. The van der Waals surface area contributed by atoms with Crippen LogP contribution in [0.4, 0.5) is 16.3 Å². The summed E-state index contributed by atoms with van der Waals surface area (Å²) < 4.78 is 0. The maximum atomic E-state index is 12.9. The maximum absolute atomic E-state index is 12.9. The highest BCUT2D eigenvalue weighted by Crippen LogP contribution is 2.33. The van der Waals surface area contributed by atoms with Gasteiger partial charge in [-0.3, -0.25) is 0 Å². The van der Waals surface area contributed by atoms with Crippen molar-refractivity contribution in [3.8, 4) is 23.4 Å². The van der Waals surface area contributed by atoms with Crippen molar-refractivity contribution in [2.45, 2.75) is 13.0 Å². The quantitative estimate of drug-likeness (QED) is 0.406. The summed E-state index contributed by atoms with van der Waals surface area (Å²) in [7, 11) is 0. The van der Waals surface area contributed by atoms with Crippen molar-refractivity contribution >= 4 is 40.7 Å². The second-order valence-electron chi connectivity index (χ2n) is 8.71. The van der Waals surface area contributed by atoms with Crippen molar-refractivity contribution in [2.75, 3.05) is 29.9 Å². The molecule has 1 N–H and O–H groups in total. The lowest BCUT2D eigenvalue weighted by molar-refractivity contribution is 0.200. The minimum absolute atomic E-state index is 0. The summed E-state index contributed by atoms with van der Waals surface area (Å²) in [5.74, 6) is 0.794. The number of nitrogens with zero attached hydrogens (tertiary/aromatic N) is 6. The molecule has 0 saturated carbocycles. The summed E-state index contributed by atoms with van der Waals surface area (Å²) in [4.78, 5) is 16.8. The van der Waals surface area contributed by atoms with Gasteiger partial charge in [-0.05, 0) is 43.3 Å². The first-order chi connectivity index (χ1) is 17.6. The number of nitrogens with one attached hydrogen (secondary N) is 1. The lowest BCUT2D eigenvalue weighted by Gasteiger charge is -2.40. The largest absolute Gasteiger partial charge is 0.348 e. The lowest BCUT2D eigenvalue weighted by Crippen LogP contribution is -2.55. The van der Waals surface area contributed by atoms with Gasteiger partial charge in [0.1, 0.15) is 5.69 Å². The average Bonchev–Trinajstić information content (AvgIpc) is 2.93. The van der Waals surface area contributed by atoms with Gasteiger partial charge in [-0.2, -0.15) is 10.5 Å². The standard InChI is InChI=1S/C28H23N7O.ClH/c1-19-18-34(28(36)31-23-12-8-21(17-30)9-13-23)14-15-35(19)27-25-5-3-2-4-24(25)26(32-33-27)22-10-6-20(16-29)7-11-22;/h2-13,19H,14-15,18H2,1H3,(H,31,36);1H/t19-;/m0./s1. The Kier molecular flexibility index (Phi) is 7.52. The van der Waals surface area contributed by atoms with E-state index in [0.29, 0.717) is 36.4 Å². The zero-order chi connectivity index (χ0) is 25.1. The van der Waals surface area contributed by atoms with E-state index in [0.717, 1.165) is 27.8 Å². The number of carbonyl (C=O) groups excluding carboxylic acids is 1. The second kappa shape index (κ2) is 10.9. The van der Waals surface area contributed by atoms with E-state index in [4.69, 9.17) is 10.5 Å². The number of hydrogen-bond donors (Lipinski definition) is 1. The molecule has 2 amide bonds. The van der Waals surface area contributed by atoms with E-state index < -0.39 is 0 Å². The molecule has 0 aliphatic carbocycles. The number of rotatable bonds is 3. The molecule has 8 nitrogen and oxygen atoms in total. The van der Waals surface area contributed by atoms with Crippen LogP contribution in [0.5, 0.6) is 0 Å². The zero-order valence-corrected chi connectivity index (χ0v) is 20.9. The zero-order valence-electron chi connectivity index (χ0n) is 20.1. The first kappa shape index (κ1) is 25.4. The maximum Gasteiger partial charge on any atom is 0.321 e. The number of urea groups is 1. The predicted molar refractivity (Wildman–Crippen MR) is 145 cm³/mol. The Labute approximate surface area is 221 Å². The van der Waals surface area contributed by atoms with E-state index in [2.05, 4.69) is 39.5 Å². The van der Waals surface area contributed by atoms with Gasteiger partial charge in [-0.15, -0.1) is 22.6 Å². The van der Waals surface area contributed by atoms with Crippen LogP contribution in [-0.4, -0.2) is 46.8 Å². The number of aromatic nitrogens is 2. The van der Waals surface area contributed by atoms with E-state index in [9.17, 15) is 4.79 Å². The van der Waals surface area contributed by atoms with Gasteiger partial charge in [0.15, 0.2) is 5.82 Å². The molecule has 4 aromatic rings. The van der Waals surface area contributed by atoms with Gasteiger partial charge < -0.3 is 15.1 Å². The number of piperazine rings is 1. The van der Waals surface area contributed by atoms with Crippen molar-refractivity contribution in [3.05, 3.63) is 83.9 Å². The number of anilines is 2. The molecule has 184 valence electrons. The molecule has 1 fully saturated rings. The first-order valence-electron chi connectivity index (χ1n) is 11.7. The number of carbonyl (C=O) groups is 1. The van der Waals surface area contributed by atoms with Crippen LogP contribution in [0.25, 0.3) is 22.0 Å². The molecule has 1 aliphatic rings. The first-order valence-corrected chi connectivity index (χ1v) is 11.7. The molecule has 9 heteroatoms. The minimum atomic E-state index is -0.168. The summed E-state index contributed by atoms with van der Waals surface area (Å²) in [6.07, 6.45) is 0. The molecular formula is C28H24ClN7O. The minimum Gasteiger partial charge on any atom is -0.348 e. The predicted octanol–water partition coefficient (Wildman–Crippen LogP) is 5.20. The Balaban J connectivity index is 0.00000320. The van der Waals surface area contributed by atoms with Crippen LogP contribution < -0.4 is 10.2 Å². The number of halogens is 1. The molecule has 1 atom stereocenters. The smallest absolute Gasteiger partial charge is 0.321 e. The molecular weight excluding hydrogens is 486 g/mol. The van der Waals surface area contributed by atoms with Gasteiger partial charge in [0.25, 0.3) is 0 Å². The van der Waals surface area contributed by atoms with E-state index in [1.54, 1.807) is 41.3 Å². The van der Waals surface area contributed by atoms with Crippen LogP contribution in [0.15, 0.2) is 72.8 Å². The van der Waals surface area contributed by atoms with Crippen LogP contribution >= 0.6 is 12.4 Å². The molecule has 1 aromatic heterocycles. The fraction of sp³-hybridized carbons (Fsp3) is 0.179. The van der Waals surface area contributed by atoms with E-state index in [1.807, 2.05) is 36.4 Å². The normalized spacial score (nSPS) is 14.8. The topological polar surface area (TPSA) is 109 Å². The van der Waals surface area contributed by atoms with Gasteiger partial charge in [0.05, 0.1) is 23.3 Å². The number of amides is 2. The Hall–Kier alpha value is -4.66. The highest BCUT2D eigenvalue weighted by molar-refractivity contribution is 6.00. The molecule has 0 unspecified atom stereocenters. The van der Waals surface area contributed by atoms with Crippen molar-refractivity contribution in [3.63, 3.8) is 0 Å². The Morgan fingerprint density at radius 3 is 2.14 bits per heavy atom. The Morgan fingerprint density at radius 1 is 0.892 bits per heavy atom. The van der Waals surface area contributed by atoms with Gasteiger partial charge in [0, 0.05) is 47.7 Å². The van der Waals surface area contributed by atoms with Crippen molar-refractivity contribution < 1.29 is 4.79 Å². The monoisotopic (exact) mass is 509 g/mol. The fourth-order valence-corrected chi connectivity index (χ4v) is 4.51. The van der Waals surface area contributed by atoms with Crippen LogP contribution in [0, 0.1) is 22.7 Å². The van der Waals surface area contributed by atoms with Crippen LogP contribution in [0.3, 0.4) is 0 Å². The molecule has 2 heterocycles. The van der Waals surface area contributed by atoms with Gasteiger partial charge >= 0.3 is 6.03 Å². The average molecular weight is 510 g/mol. The van der Waals surface area contributed by atoms with Crippen molar-refractivity contribution in [2.24, 2.45) is 0 Å². The van der Waals surface area contributed by atoms with Gasteiger partial charge in [-0.25, -0.2) is 4.79 Å². The SMILES string of the molecule is C[C@H]1CN(C(=O)Nc2ccc(C#N)cc2)CCN1c1nnc(-c2ccc(C#N)cc2)c2ccccc12.Cl. The third-order valence-electron chi connectivity index (χ3n) is 6.41. The Bertz CT molecular complexity index is 1510. The fourth-order valence-electron chi connectivity index (χ4n) is 4.51. The van der Waals surface area contributed by atoms with E-state index >= 15 is 0 Å². The van der Waals surface area contributed by atoms with E-state index in [-0.39, 0.29) is 24.5 Å². The van der Waals surface area contributed by atoms with Crippen molar-refractivity contribution in [1.82, 2.24) is 15.1 Å². The molecule has 3 aromatic carbocycles. The molecule has 0 bridgehead atoms. The molecule has 0 spiro atoms. The summed E-state index contributed by atoms with van der Waals surface area (Å²) in [5, 5.41) is 32.1.